The van der Waals surface area contributed by atoms with E-state index in [1.54, 1.807) is 0 Å². The van der Waals surface area contributed by atoms with Gasteiger partial charge in [0.15, 0.2) is 0 Å². The molecular weight excluding hydrogens is 348 g/mol. The first-order chi connectivity index (χ1) is 13.9. The average molecular weight is 385 g/mol. The Balaban J connectivity index is 1.91. The zero-order valence-corrected chi connectivity index (χ0v) is 18.6. The topological polar surface area (TPSA) is 0 Å². The van der Waals surface area contributed by atoms with Gasteiger partial charge in [-0.25, -0.2) is 0 Å². The summed E-state index contributed by atoms with van der Waals surface area (Å²) in [6.45, 7) is 9.70. The third kappa shape index (κ3) is 5.38. The highest BCUT2D eigenvalue weighted by atomic mass is 14.4. The molecule has 0 aromatic heterocycles. The minimum absolute atomic E-state index is 0.130. The second-order valence-corrected chi connectivity index (χ2v) is 9.41. The van der Waals surface area contributed by atoms with Gasteiger partial charge in [-0.15, -0.1) is 0 Å². The maximum atomic E-state index is 2.51. The zero-order valence-electron chi connectivity index (χ0n) is 18.6. The third-order valence-electron chi connectivity index (χ3n) is 6.95. The molecule has 3 aromatic carbocycles. The first-order valence-corrected chi connectivity index (χ1v) is 11.1. The minimum atomic E-state index is 0.130. The van der Waals surface area contributed by atoms with E-state index in [1.165, 1.54) is 29.5 Å². The van der Waals surface area contributed by atoms with Crippen LogP contribution in [0.1, 0.15) is 69.6 Å². The van der Waals surface area contributed by atoms with E-state index in [1.807, 2.05) is 0 Å². The normalized spacial score (nSPS) is 14.9. The predicted molar refractivity (Wildman–Crippen MR) is 126 cm³/mol. The Morgan fingerprint density at radius 3 is 1.76 bits per heavy atom. The lowest BCUT2D eigenvalue weighted by Gasteiger charge is -2.42. The van der Waals surface area contributed by atoms with E-state index in [2.05, 4.69) is 119 Å². The summed E-state index contributed by atoms with van der Waals surface area (Å²) in [6, 6.07) is 33.2. The zero-order chi connectivity index (χ0) is 20.7. The molecule has 0 heterocycles. The van der Waals surface area contributed by atoms with Crippen molar-refractivity contribution in [2.24, 2.45) is 5.41 Å². The molecule has 0 bridgehead atoms. The van der Waals surface area contributed by atoms with E-state index in [9.17, 15) is 0 Å². The van der Waals surface area contributed by atoms with Crippen molar-refractivity contribution in [3.05, 3.63) is 108 Å². The highest BCUT2D eigenvalue weighted by molar-refractivity contribution is 5.28. The van der Waals surface area contributed by atoms with Crippen LogP contribution in [0.5, 0.6) is 0 Å². The summed E-state index contributed by atoms with van der Waals surface area (Å²) in [5, 5.41) is 0. The molecule has 0 radical (unpaired) electrons. The standard InChI is InChI=1S/C29H36/c1-5-29(4,22-21-24-15-9-6-10-16-24)27(25-17-11-7-12-18-25)23-28(2,3)26-19-13-8-14-20-26/h6-20,27H,5,21-23H2,1-4H3. The van der Waals surface area contributed by atoms with Crippen molar-refractivity contribution in [2.45, 2.75) is 64.7 Å². The van der Waals surface area contributed by atoms with E-state index in [0.717, 1.165) is 12.8 Å². The Morgan fingerprint density at radius 2 is 1.21 bits per heavy atom. The highest BCUT2D eigenvalue weighted by Crippen LogP contribution is 2.48. The van der Waals surface area contributed by atoms with Crippen LogP contribution in [0.2, 0.25) is 0 Å². The van der Waals surface area contributed by atoms with Crippen molar-refractivity contribution in [1.29, 1.82) is 0 Å². The molecular formula is C29H36. The van der Waals surface area contributed by atoms with Crippen LogP contribution >= 0.6 is 0 Å². The number of hydrogen-bond acceptors (Lipinski definition) is 0. The lowest BCUT2D eigenvalue weighted by molar-refractivity contribution is 0.187. The van der Waals surface area contributed by atoms with E-state index < -0.39 is 0 Å². The van der Waals surface area contributed by atoms with Gasteiger partial charge < -0.3 is 0 Å². The summed E-state index contributed by atoms with van der Waals surface area (Å²) in [4.78, 5) is 0. The van der Waals surface area contributed by atoms with Crippen molar-refractivity contribution in [1.82, 2.24) is 0 Å². The Bertz CT molecular complexity index is 848. The molecule has 0 N–H and O–H groups in total. The van der Waals surface area contributed by atoms with Crippen LogP contribution in [-0.4, -0.2) is 0 Å². The Hall–Kier alpha value is -2.34. The highest BCUT2D eigenvalue weighted by Gasteiger charge is 2.37. The average Bonchev–Trinajstić information content (AvgIpc) is 2.78. The van der Waals surface area contributed by atoms with Gasteiger partial charge in [0.05, 0.1) is 0 Å². The molecule has 3 aromatic rings. The molecule has 2 unspecified atom stereocenters. The van der Waals surface area contributed by atoms with Crippen molar-refractivity contribution in [3.8, 4) is 0 Å². The number of hydrogen-bond donors (Lipinski definition) is 0. The molecule has 0 saturated carbocycles. The van der Waals surface area contributed by atoms with Crippen LogP contribution in [0.25, 0.3) is 0 Å². The Morgan fingerprint density at radius 1 is 0.690 bits per heavy atom. The molecule has 0 heteroatoms. The molecule has 0 fully saturated rings. The third-order valence-corrected chi connectivity index (χ3v) is 6.95. The molecule has 0 amide bonds. The van der Waals surface area contributed by atoms with Crippen LogP contribution in [0, 0.1) is 5.41 Å². The summed E-state index contributed by atoms with van der Waals surface area (Å²) in [6.07, 6.45) is 4.68. The summed E-state index contributed by atoms with van der Waals surface area (Å²) >= 11 is 0. The van der Waals surface area contributed by atoms with Crippen LogP contribution in [0.3, 0.4) is 0 Å². The fraction of sp³-hybridized carbons (Fsp3) is 0.379. The van der Waals surface area contributed by atoms with E-state index in [-0.39, 0.29) is 10.8 Å². The molecule has 0 aliphatic rings. The summed E-state index contributed by atoms with van der Waals surface area (Å²) < 4.78 is 0. The van der Waals surface area contributed by atoms with Crippen LogP contribution in [-0.2, 0) is 11.8 Å². The number of benzene rings is 3. The number of rotatable bonds is 9. The van der Waals surface area contributed by atoms with Crippen LogP contribution in [0.4, 0.5) is 0 Å². The summed E-state index contributed by atoms with van der Waals surface area (Å²) in [5.74, 6) is 0.521. The van der Waals surface area contributed by atoms with Gasteiger partial charge >= 0.3 is 0 Å². The molecule has 152 valence electrons. The molecule has 0 spiro atoms. The largest absolute Gasteiger partial charge is 0.0648 e. The van der Waals surface area contributed by atoms with Gasteiger partial charge in [-0.05, 0) is 52.7 Å². The fourth-order valence-electron chi connectivity index (χ4n) is 4.64. The quantitative estimate of drug-likeness (QED) is 0.349. The van der Waals surface area contributed by atoms with Gasteiger partial charge in [0.1, 0.15) is 0 Å². The lowest BCUT2D eigenvalue weighted by Crippen LogP contribution is -2.32. The van der Waals surface area contributed by atoms with Crippen molar-refractivity contribution in [2.75, 3.05) is 0 Å². The second-order valence-electron chi connectivity index (χ2n) is 9.41. The van der Waals surface area contributed by atoms with Gasteiger partial charge in [-0.1, -0.05) is 125 Å². The van der Waals surface area contributed by atoms with E-state index in [0.29, 0.717) is 5.92 Å². The predicted octanol–water partition coefficient (Wildman–Crippen LogP) is 8.19. The van der Waals surface area contributed by atoms with E-state index >= 15 is 0 Å². The van der Waals surface area contributed by atoms with Gasteiger partial charge in [-0.2, -0.15) is 0 Å². The first-order valence-electron chi connectivity index (χ1n) is 11.1. The van der Waals surface area contributed by atoms with E-state index in [4.69, 9.17) is 0 Å². The molecule has 0 aliphatic carbocycles. The van der Waals surface area contributed by atoms with Crippen LogP contribution in [0.15, 0.2) is 91.0 Å². The number of aryl methyl sites for hydroxylation is 1. The minimum Gasteiger partial charge on any atom is -0.0648 e. The molecule has 2 atom stereocenters. The molecule has 29 heavy (non-hydrogen) atoms. The smallest absolute Gasteiger partial charge is 0.00975 e. The van der Waals surface area contributed by atoms with Crippen molar-refractivity contribution >= 4 is 0 Å². The maximum absolute atomic E-state index is 2.51. The van der Waals surface area contributed by atoms with Gasteiger partial charge in [0.25, 0.3) is 0 Å². The Kier molecular flexibility index (Phi) is 6.96. The Labute approximate surface area is 178 Å². The van der Waals surface area contributed by atoms with Crippen molar-refractivity contribution < 1.29 is 0 Å². The molecule has 3 rings (SSSR count). The fourth-order valence-corrected chi connectivity index (χ4v) is 4.64. The maximum Gasteiger partial charge on any atom is -0.00975 e. The molecule has 0 aliphatic heterocycles. The lowest BCUT2D eigenvalue weighted by atomic mass is 9.62. The summed E-state index contributed by atoms with van der Waals surface area (Å²) in [5.41, 5.74) is 4.74. The van der Waals surface area contributed by atoms with Crippen molar-refractivity contribution in [3.63, 3.8) is 0 Å². The first kappa shape index (κ1) is 21.4. The van der Waals surface area contributed by atoms with Gasteiger partial charge in [-0.3, -0.25) is 0 Å². The molecule has 0 nitrogen and oxygen atoms in total. The van der Waals surface area contributed by atoms with Crippen LogP contribution < -0.4 is 0 Å². The summed E-state index contributed by atoms with van der Waals surface area (Å²) in [7, 11) is 0. The van der Waals surface area contributed by atoms with Gasteiger partial charge in [0, 0.05) is 0 Å². The SMILES string of the molecule is CCC(C)(CCc1ccccc1)C(CC(C)(C)c1ccccc1)c1ccccc1. The second kappa shape index (κ2) is 9.44. The molecule has 0 saturated heterocycles. The van der Waals surface area contributed by atoms with Gasteiger partial charge in [0.2, 0.25) is 0 Å². The monoisotopic (exact) mass is 384 g/mol.